The van der Waals surface area contributed by atoms with Crippen molar-refractivity contribution in [1.29, 1.82) is 0 Å². The summed E-state index contributed by atoms with van der Waals surface area (Å²) in [4.78, 5) is 14.1. The number of likely N-dealkylation sites (tertiary alicyclic amines) is 1. The van der Waals surface area contributed by atoms with E-state index < -0.39 is 5.60 Å². The molecule has 120 valence electrons. The Morgan fingerprint density at radius 3 is 2.50 bits per heavy atom. The number of piperidine rings is 1. The van der Waals surface area contributed by atoms with Crippen LogP contribution in [0.1, 0.15) is 56.7 Å². The highest BCUT2D eigenvalue weighted by molar-refractivity contribution is 5.68. The largest absolute Gasteiger partial charge is 0.444 e. The van der Waals surface area contributed by atoms with E-state index in [4.69, 9.17) is 4.74 Å². The molecular weight excluding hydrogens is 274 g/mol. The van der Waals surface area contributed by atoms with Crippen molar-refractivity contribution in [3.63, 3.8) is 0 Å². The maximum Gasteiger partial charge on any atom is 0.410 e. The van der Waals surface area contributed by atoms with Crippen LogP contribution in [-0.4, -0.2) is 29.7 Å². The molecule has 1 aliphatic heterocycles. The highest BCUT2D eigenvalue weighted by Crippen LogP contribution is 2.46. The van der Waals surface area contributed by atoms with Gasteiger partial charge in [0.1, 0.15) is 5.60 Å². The van der Waals surface area contributed by atoms with Gasteiger partial charge < -0.3 is 9.64 Å². The lowest BCUT2D eigenvalue weighted by molar-refractivity contribution is 0.0164. The number of ether oxygens (including phenoxy) is 1. The molecule has 1 aromatic rings. The van der Waals surface area contributed by atoms with Crippen LogP contribution >= 0.6 is 0 Å². The molecule has 3 nitrogen and oxygen atoms in total. The lowest BCUT2D eigenvalue weighted by Crippen LogP contribution is -2.46. The minimum absolute atomic E-state index is 0.163. The molecule has 1 spiro atoms. The maximum absolute atomic E-state index is 12.2. The second-order valence-corrected chi connectivity index (χ2v) is 7.91. The van der Waals surface area contributed by atoms with Gasteiger partial charge in [-0.3, -0.25) is 0 Å². The third-order valence-corrected chi connectivity index (χ3v) is 5.08. The van der Waals surface area contributed by atoms with Crippen LogP contribution in [0.4, 0.5) is 4.79 Å². The smallest absolute Gasteiger partial charge is 0.410 e. The zero-order valence-electron chi connectivity index (χ0n) is 14.2. The molecule has 0 N–H and O–H groups in total. The minimum atomic E-state index is -0.413. The van der Waals surface area contributed by atoms with Gasteiger partial charge in [-0.2, -0.15) is 0 Å². The first kappa shape index (κ1) is 15.4. The fraction of sp³-hybridized carbons (Fsp3) is 0.632. The van der Waals surface area contributed by atoms with Gasteiger partial charge in [0.05, 0.1) is 0 Å². The number of carbonyl (C=O) groups is 1. The molecule has 1 heterocycles. The Morgan fingerprint density at radius 1 is 1.18 bits per heavy atom. The van der Waals surface area contributed by atoms with Crippen molar-refractivity contribution in [3.05, 3.63) is 34.9 Å². The van der Waals surface area contributed by atoms with Crippen molar-refractivity contribution in [3.8, 4) is 0 Å². The average molecular weight is 301 g/mol. The summed E-state index contributed by atoms with van der Waals surface area (Å²) < 4.78 is 5.50. The van der Waals surface area contributed by atoms with Gasteiger partial charge >= 0.3 is 6.09 Å². The topological polar surface area (TPSA) is 29.5 Å². The van der Waals surface area contributed by atoms with Crippen molar-refractivity contribution < 1.29 is 9.53 Å². The predicted molar refractivity (Wildman–Crippen MR) is 88.2 cm³/mol. The Kier molecular flexibility index (Phi) is 3.70. The number of aryl methyl sites for hydroxylation is 2. The number of hydrogen-bond acceptors (Lipinski definition) is 2. The molecule has 0 aromatic heterocycles. The Bertz CT molecular complexity index is 578. The third kappa shape index (κ3) is 2.86. The van der Waals surface area contributed by atoms with E-state index in [2.05, 4.69) is 25.1 Å². The van der Waals surface area contributed by atoms with Crippen molar-refractivity contribution in [1.82, 2.24) is 4.90 Å². The molecule has 1 aliphatic carbocycles. The van der Waals surface area contributed by atoms with Crippen LogP contribution in [0.3, 0.4) is 0 Å². The highest BCUT2D eigenvalue weighted by atomic mass is 16.6. The molecule has 1 aromatic carbocycles. The molecule has 0 radical (unpaired) electrons. The van der Waals surface area contributed by atoms with Gasteiger partial charge in [0, 0.05) is 13.1 Å². The summed E-state index contributed by atoms with van der Waals surface area (Å²) in [7, 11) is 0. The SMILES string of the molecule is Cc1ccc2c(c1)CCC21CCN(C(=O)OC(C)(C)C)CC1. The Balaban J connectivity index is 1.69. The van der Waals surface area contributed by atoms with Crippen molar-refractivity contribution in [2.75, 3.05) is 13.1 Å². The third-order valence-electron chi connectivity index (χ3n) is 5.08. The number of amides is 1. The molecule has 3 heteroatoms. The van der Waals surface area contributed by atoms with E-state index in [-0.39, 0.29) is 6.09 Å². The first-order valence-corrected chi connectivity index (χ1v) is 8.37. The normalized spacial score (nSPS) is 20.1. The summed E-state index contributed by atoms with van der Waals surface area (Å²) >= 11 is 0. The van der Waals surface area contributed by atoms with Crippen molar-refractivity contribution in [2.45, 2.75) is 64.4 Å². The predicted octanol–water partition coefficient (Wildman–Crippen LogP) is 4.21. The van der Waals surface area contributed by atoms with Gasteiger partial charge in [-0.25, -0.2) is 4.79 Å². The van der Waals surface area contributed by atoms with E-state index in [9.17, 15) is 4.79 Å². The molecule has 22 heavy (non-hydrogen) atoms. The lowest BCUT2D eigenvalue weighted by Gasteiger charge is -2.40. The molecule has 1 saturated heterocycles. The Labute approximate surface area is 133 Å². The van der Waals surface area contributed by atoms with E-state index in [1.54, 1.807) is 0 Å². The molecule has 0 unspecified atom stereocenters. The molecule has 0 saturated carbocycles. The number of hydrogen-bond donors (Lipinski definition) is 0. The first-order chi connectivity index (χ1) is 10.3. The molecule has 3 rings (SSSR count). The van der Waals surface area contributed by atoms with Crippen LogP contribution in [0, 0.1) is 6.92 Å². The van der Waals surface area contributed by atoms with Gasteiger partial charge in [0.2, 0.25) is 0 Å². The van der Waals surface area contributed by atoms with Gasteiger partial charge in [-0.1, -0.05) is 23.8 Å². The van der Waals surface area contributed by atoms with Gasteiger partial charge in [0.25, 0.3) is 0 Å². The number of benzene rings is 1. The van der Waals surface area contributed by atoms with E-state index in [0.29, 0.717) is 5.41 Å². The lowest BCUT2D eigenvalue weighted by atomic mass is 9.74. The number of carbonyl (C=O) groups excluding carboxylic acids is 1. The van der Waals surface area contributed by atoms with E-state index in [1.165, 1.54) is 29.5 Å². The van der Waals surface area contributed by atoms with Crippen molar-refractivity contribution >= 4 is 6.09 Å². The zero-order valence-corrected chi connectivity index (χ0v) is 14.2. The number of rotatable bonds is 0. The minimum Gasteiger partial charge on any atom is -0.444 e. The fourth-order valence-electron chi connectivity index (χ4n) is 3.92. The van der Waals surface area contributed by atoms with E-state index in [0.717, 1.165) is 25.9 Å². The van der Waals surface area contributed by atoms with E-state index >= 15 is 0 Å². The monoisotopic (exact) mass is 301 g/mol. The first-order valence-electron chi connectivity index (χ1n) is 8.37. The quantitative estimate of drug-likeness (QED) is 0.718. The molecule has 0 bridgehead atoms. The summed E-state index contributed by atoms with van der Waals surface area (Å²) in [5, 5.41) is 0. The summed E-state index contributed by atoms with van der Waals surface area (Å²) in [5.74, 6) is 0. The van der Waals surface area contributed by atoms with Crippen LogP contribution < -0.4 is 0 Å². The zero-order chi connectivity index (χ0) is 16.0. The molecule has 1 fully saturated rings. The van der Waals surface area contributed by atoms with Crippen LogP contribution in [0.15, 0.2) is 18.2 Å². The highest BCUT2D eigenvalue weighted by Gasteiger charge is 2.42. The number of nitrogens with zero attached hydrogens (tertiary/aromatic N) is 1. The van der Waals surface area contributed by atoms with Crippen LogP contribution in [0.25, 0.3) is 0 Å². The standard InChI is InChI=1S/C19H27NO2/c1-14-5-6-16-15(13-14)7-8-19(16)9-11-20(12-10-19)17(21)22-18(2,3)4/h5-6,13H,7-12H2,1-4H3. The van der Waals surface area contributed by atoms with Crippen molar-refractivity contribution in [2.24, 2.45) is 0 Å². The van der Waals surface area contributed by atoms with E-state index in [1.807, 2.05) is 25.7 Å². The average Bonchev–Trinajstić information content (AvgIpc) is 2.76. The molecule has 2 aliphatic rings. The Hall–Kier alpha value is -1.51. The number of fused-ring (bicyclic) bond motifs is 2. The van der Waals surface area contributed by atoms with Gasteiger partial charge in [-0.05, 0) is 69.9 Å². The molecular formula is C19H27NO2. The maximum atomic E-state index is 12.2. The molecule has 0 atom stereocenters. The summed E-state index contributed by atoms with van der Waals surface area (Å²) in [5.41, 5.74) is 4.28. The summed E-state index contributed by atoms with van der Waals surface area (Å²) in [6.07, 6.45) is 4.37. The summed E-state index contributed by atoms with van der Waals surface area (Å²) in [6, 6.07) is 6.89. The van der Waals surface area contributed by atoms with Crippen LogP contribution in [0.2, 0.25) is 0 Å². The van der Waals surface area contributed by atoms with Gasteiger partial charge in [0.15, 0.2) is 0 Å². The summed E-state index contributed by atoms with van der Waals surface area (Å²) in [6.45, 7) is 9.55. The second-order valence-electron chi connectivity index (χ2n) is 7.91. The second kappa shape index (κ2) is 5.29. The Morgan fingerprint density at radius 2 is 1.86 bits per heavy atom. The van der Waals surface area contributed by atoms with Crippen LogP contribution in [0.5, 0.6) is 0 Å². The van der Waals surface area contributed by atoms with Crippen LogP contribution in [-0.2, 0) is 16.6 Å². The molecule has 1 amide bonds. The van der Waals surface area contributed by atoms with Gasteiger partial charge in [-0.15, -0.1) is 0 Å². The fourth-order valence-corrected chi connectivity index (χ4v) is 3.92.